The minimum atomic E-state index is -0.998. The van der Waals surface area contributed by atoms with Crippen LogP contribution in [0.2, 0.25) is 0 Å². The van der Waals surface area contributed by atoms with Crippen LogP contribution in [-0.4, -0.2) is 48.4 Å². The molecule has 1 aliphatic rings. The number of benzene rings is 1. The summed E-state index contributed by atoms with van der Waals surface area (Å²) in [6.07, 6.45) is 3.45. The molecule has 3 heterocycles. The van der Waals surface area contributed by atoms with Crippen LogP contribution in [0.25, 0.3) is 5.76 Å². The van der Waals surface area contributed by atoms with Crippen molar-refractivity contribution in [1.29, 1.82) is 0 Å². The van der Waals surface area contributed by atoms with Gasteiger partial charge in [0.2, 0.25) is 5.78 Å². The lowest BCUT2D eigenvalue weighted by molar-refractivity contribution is -0.378. The Morgan fingerprint density at radius 3 is 2.50 bits per heavy atom. The van der Waals surface area contributed by atoms with Crippen LogP contribution in [0.3, 0.4) is 0 Å². The Hall–Kier alpha value is -4.60. The number of ether oxygens (including phenoxy) is 3. The number of esters is 1. The van der Waals surface area contributed by atoms with Crippen LogP contribution < -0.4 is 19.6 Å². The van der Waals surface area contributed by atoms with Crippen LogP contribution in [0.5, 0.6) is 11.5 Å². The zero-order valence-corrected chi connectivity index (χ0v) is 21.8. The molecule has 1 aromatic carbocycles. The minimum absolute atomic E-state index is 0.0802. The maximum Gasteiger partial charge on any atom is 0.355 e. The summed E-state index contributed by atoms with van der Waals surface area (Å²) in [5.74, 6) is -2.09. The molecule has 2 aromatic heterocycles. The van der Waals surface area contributed by atoms with E-state index < -0.39 is 29.5 Å². The number of methoxy groups -OCH3 is 2. The highest BCUT2D eigenvalue weighted by molar-refractivity contribution is 6.46. The van der Waals surface area contributed by atoms with Gasteiger partial charge in [0.1, 0.15) is 5.69 Å². The third-order valence-corrected chi connectivity index (χ3v) is 6.52. The van der Waals surface area contributed by atoms with Crippen LogP contribution in [0.4, 0.5) is 0 Å². The highest BCUT2D eigenvalue weighted by Gasteiger charge is 2.45. The lowest BCUT2D eigenvalue weighted by Gasteiger charge is -2.28. The van der Waals surface area contributed by atoms with E-state index in [0.717, 1.165) is 5.56 Å². The van der Waals surface area contributed by atoms with Gasteiger partial charge in [0.05, 0.1) is 33.4 Å². The van der Waals surface area contributed by atoms with Crippen molar-refractivity contribution >= 4 is 23.4 Å². The second-order valence-electron chi connectivity index (χ2n) is 8.78. The van der Waals surface area contributed by atoms with Crippen molar-refractivity contribution in [2.75, 3.05) is 20.8 Å². The van der Waals surface area contributed by atoms with Gasteiger partial charge in [0, 0.05) is 22.9 Å². The van der Waals surface area contributed by atoms with Crippen LogP contribution in [-0.2, 0) is 20.9 Å². The summed E-state index contributed by atoms with van der Waals surface area (Å²) < 4.78 is 15.9. The molecule has 0 bridgehead atoms. The van der Waals surface area contributed by atoms with E-state index in [1.165, 1.54) is 19.1 Å². The molecule has 4 rings (SSSR count). The van der Waals surface area contributed by atoms with E-state index in [1.807, 2.05) is 6.07 Å². The predicted molar refractivity (Wildman–Crippen MR) is 134 cm³/mol. The molecule has 1 aliphatic heterocycles. The third kappa shape index (κ3) is 4.60. The average molecular weight is 520 g/mol. The van der Waals surface area contributed by atoms with Crippen molar-refractivity contribution in [2.24, 2.45) is 0 Å². The number of likely N-dealkylation sites (tertiary alicyclic amines) is 1. The largest absolute Gasteiger partial charge is 0.872 e. The molecule has 1 amide bonds. The normalized spacial score (nSPS) is 16.6. The zero-order chi connectivity index (χ0) is 27.6. The fourth-order valence-corrected chi connectivity index (χ4v) is 4.76. The molecule has 1 fully saturated rings. The van der Waals surface area contributed by atoms with Gasteiger partial charge >= 0.3 is 5.97 Å². The number of carbonyl (C=O) groups excluding carboxylic acids is 3. The van der Waals surface area contributed by atoms with E-state index in [1.54, 1.807) is 57.4 Å². The summed E-state index contributed by atoms with van der Waals surface area (Å²) in [6, 6.07) is 7.59. The number of hydrogen-bond acceptors (Lipinski definition) is 7. The number of Topliss-reactive ketones (excluding diaryl/α,β-unsaturated/α-hetero) is 1. The first-order valence-electron chi connectivity index (χ1n) is 12.0. The molecular formula is C28H29N3O7. The fraction of sp³-hybridized carbons (Fsp3) is 0.286. The van der Waals surface area contributed by atoms with Crippen molar-refractivity contribution < 1.29 is 38.7 Å². The highest BCUT2D eigenvalue weighted by atomic mass is 16.5. The van der Waals surface area contributed by atoms with Gasteiger partial charge in [-0.1, -0.05) is 11.8 Å². The lowest BCUT2D eigenvalue weighted by Crippen LogP contribution is -2.29. The number of aromatic nitrogens is 2. The number of nitrogens with one attached hydrogen (secondary N) is 2. The Labute approximate surface area is 219 Å². The van der Waals surface area contributed by atoms with E-state index in [4.69, 9.17) is 14.2 Å². The van der Waals surface area contributed by atoms with E-state index in [9.17, 15) is 19.5 Å². The van der Waals surface area contributed by atoms with Crippen molar-refractivity contribution in [2.45, 2.75) is 33.4 Å². The third-order valence-electron chi connectivity index (χ3n) is 6.52. The number of aryl methyl sites for hydroxylation is 1. The number of pyridine rings is 1. The summed E-state index contributed by atoms with van der Waals surface area (Å²) in [6.45, 7) is 5.16. The summed E-state index contributed by atoms with van der Waals surface area (Å²) in [5.41, 5.74) is 2.07. The minimum Gasteiger partial charge on any atom is -0.872 e. The molecule has 0 radical (unpaired) electrons. The molecule has 0 aliphatic carbocycles. The van der Waals surface area contributed by atoms with Crippen molar-refractivity contribution in [3.63, 3.8) is 0 Å². The van der Waals surface area contributed by atoms with Gasteiger partial charge in [0.15, 0.2) is 23.9 Å². The standard InChI is InChI=1S/C28H29N3O7/c1-6-38-28(35)23-15(2)21(16(3)30-23)25(32)22-24(18-9-10-19(36-4)20(12-18)37-5)31(27(34)26(22)33)14-17-8-7-11-29-13-17/h7-13,24,30,32H,6,14H2,1-5H3. The molecule has 1 atom stereocenters. The molecule has 38 heavy (non-hydrogen) atoms. The van der Waals surface area contributed by atoms with Gasteiger partial charge < -0.3 is 29.2 Å². The SMILES string of the molecule is CCOC(=O)c1[nH]c(C)c(C([O-])=C2C(=O)C(=O)N(Cc3ccc[nH+]c3)C2c2ccc(OC)c(OC)c2)c1C. The first-order chi connectivity index (χ1) is 18.2. The summed E-state index contributed by atoms with van der Waals surface area (Å²) >= 11 is 0. The second-order valence-corrected chi connectivity index (χ2v) is 8.78. The smallest absolute Gasteiger partial charge is 0.355 e. The van der Waals surface area contributed by atoms with Gasteiger partial charge in [-0.25, -0.2) is 9.78 Å². The molecule has 0 saturated carbocycles. The summed E-state index contributed by atoms with van der Waals surface area (Å²) in [5, 5.41) is 14.0. The average Bonchev–Trinajstić information content (AvgIpc) is 3.35. The molecular weight excluding hydrogens is 490 g/mol. The maximum absolute atomic E-state index is 14.0. The van der Waals surface area contributed by atoms with Crippen LogP contribution in [0.15, 0.2) is 48.3 Å². The van der Waals surface area contributed by atoms with E-state index >= 15 is 0 Å². The summed E-state index contributed by atoms with van der Waals surface area (Å²) in [4.78, 5) is 46.4. The first-order valence-corrected chi connectivity index (χ1v) is 12.0. The Balaban J connectivity index is 1.93. The predicted octanol–water partition coefficient (Wildman–Crippen LogP) is 2.06. The van der Waals surface area contributed by atoms with Gasteiger partial charge in [-0.05, 0) is 55.7 Å². The molecule has 0 spiro atoms. The van der Waals surface area contributed by atoms with Crippen LogP contribution in [0, 0.1) is 13.8 Å². The van der Waals surface area contributed by atoms with Gasteiger partial charge in [-0.2, -0.15) is 0 Å². The zero-order valence-electron chi connectivity index (χ0n) is 21.8. The van der Waals surface area contributed by atoms with Gasteiger partial charge in [0.25, 0.3) is 5.91 Å². The van der Waals surface area contributed by atoms with Crippen LogP contribution in [0.1, 0.15) is 51.4 Å². The number of aromatic amines is 2. The van der Waals surface area contributed by atoms with Crippen molar-refractivity contribution in [3.05, 3.63) is 81.9 Å². The number of ketones is 1. The molecule has 1 saturated heterocycles. The molecule has 10 nitrogen and oxygen atoms in total. The van der Waals surface area contributed by atoms with Crippen molar-refractivity contribution in [1.82, 2.24) is 9.88 Å². The van der Waals surface area contributed by atoms with E-state index in [2.05, 4.69) is 9.97 Å². The number of amides is 1. The number of nitrogens with zero attached hydrogens (tertiary/aromatic N) is 1. The Bertz CT molecular complexity index is 1430. The molecule has 1 unspecified atom stereocenters. The number of hydrogen-bond donors (Lipinski definition) is 1. The van der Waals surface area contributed by atoms with Gasteiger partial charge in [-0.15, -0.1) is 0 Å². The number of rotatable bonds is 8. The topological polar surface area (TPSA) is 135 Å². The second kappa shape index (κ2) is 10.8. The quantitative estimate of drug-likeness (QED) is 0.208. The Morgan fingerprint density at radius 2 is 1.87 bits per heavy atom. The highest BCUT2D eigenvalue weighted by Crippen LogP contribution is 2.43. The fourth-order valence-electron chi connectivity index (χ4n) is 4.76. The number of H-pyrrole nitrogens is 2. The maximum atomic E-state index is 14.0. The molecule has 10 heteroatoms. The van der Waals surface area contributed by atoms with E-state index in [0.29, 0.717) is 28.3 Å². The Kier molecular flexibility index (Phi) is 7.52. The Morgan fingerprint density at radius 1 is 1.13 bits per heavy atom. The monoisotopic (exact) mass is 519 g/mol. The lowest BCUT2D eigenvalue weighted by atomic mass is 9.93. The first kappa shape index (κ1) is 26.5. The van der Waals surface area contributed by atoms with E-state index in [-0.39, 0.29) is 30.0 Å². The molecule has 2 N–H and O–H groups in total. The van der Waals surface area contributed by atoms with Gasteiger partial charge in [-0.3, -0.25) is 9.59 Å². The molecule has 198 valence electrons. The molecule has 3 aromatic rings. The summed E-state index contributed by atoms with van der Waals surface area (Å²) in [7, 11) is 2.97. The van der Waals surface area contributed by atoms with Crippen LogP contribution >= 0.6 is 0 Å². The van der Waals surface area contributed by atoms with Crippen molar-refractivity contribution in [3.8, 4) is 11.5 Å². The number of carbonyl (C=O) groups is 3.